The lowest BCUT2D eigenvalue weighted by Crippen LogP contribution is -2.54. The zero-order chi connectivity index (χ0) is 29.0. The lowest BCUT2D eigenvalue weighted by molar-refractivity contribution is -0.141. The average molecular weight is 579 g/mol. The largest absolute Gasteiger partial charge is 0.463 e. The molecule has 0 saturated carbocycles. The number of halogens is 4. The minimum absolute atomic E-state index is 0.00874. The molecule has 1 saturated heterocycles. The lowest BCUT2D eigenvalue weighted by Gasteiger charge is -2.40. The van der Waals surface area contributed by atoms with E-state index in [9.17, 15) is 27.6 Å². The SMILES string of the molecule is CCOC(=O)C1=C(CN2CCN(C(=O)c3ccc(Cl)cc3)CC2)N(CC)C(=O)N[C@@H]1c1ccccc1C(F)(F)F. The standard InChI is InChI=1S/C28H30ClF3N4O4/c1-3-36-22(17-34-13-15-35(16-14-34)25(37)18-9-11-19(29)12-10-18)23(26(38)40-4-2)24(33-27(36)39)20-7-5-6-8-21(20)28(30,31)32/h5-12,24H,3-4,13-17H2,1-2H3,(H,33,39)/t24-/m1/s1. The van der Waals surface area contributed by atoms with Crippen molar-refractivity contribution in [2.45, 2.75) is 26.1 Å². The number of rotatable bonds is 7. The van der Waals surface area contributed by atoms with Gasteiger partial charge in [-0.2, -0.15) is 13.2 Å². The lowest BCUT2D eigenvalue weighted by atomic mass is 9.90. The van der Waals surface area contributed by atoms with Gasteiger partial charge in [0.1, 0.15) is 0 Å². The van der Waals surface area contributed by atoms with Crippen LogP contribution in [0.1, 0.15) is 41.4 Å². The van der Waals surface area contributed by atoms with Gasteiger partial charge in [0.25, 0.3) is 5.91 Å². The molecule has 0 aromatic heterocycles. The van der Waals surface area contributed by atoms with Crippen LogP contribution in [0.25, 0.3) is 0 Å². The zero-order valence-corrected chi connectivity index (χ0v) is 22.9. The number of nitrogens with one attached hydrogen (secondary N) is 1. The second-order valence-corrected chi connectivity index (χ2v) is 9.80. The van der Waals surface area contributed by atoms with Crippen LogP contribution in [0.5, 0.6) is 0 Å². The summed E-state index contributed by atoms with van der Waals surface area (Å²) in [5.74, 6) is -0.937. The Kier molecular flexibility index (Phi) is 9.05. The van der Waals surface area contributed by atoms with Crippen LogP contribution in [-0.2, 0) is 15.7 Å². The summed E-state index contributed by atoms with van der Waals surface area (Å²) in [6, 6.07) is 9.53. The zero-order valence-electron chi connectivity index (χ0n) is 22.1. The van der Waals surface area contributed by atoms with Crippen molar-refractivity contribution in [2.24, 2.45) is 0 Å². The predicted molar refractivity (Wildman–Crippen MR) is 143 cm³/mol. The fourth-order valence-corrected chi connectivity index (χ4v) is 5.12. The Morgan fingerprint density at radius 3 is 2.27 bits per heavy atom. The number of urea groups is 1. The Hall–Kier alpha value is -3.57. The first kappa shape index (κ1) is 29.4. The summed E-state index contributed by atoms with van der Waals surface area (Å²) in [4.78, 5) is 44.3. The molecule has 1 atom stereocenters. The van der Waals surface area contributed by atoms with Crippen LogP contribution in [-0.4, -0.2) is 78.5 Å². The number of hydrogen-bond donors (Lipinski definition) is 1. The molecule has 2 aromatic carbocycles. The van der Waals surface area contributed by atoms with Crippen molar-refractivity contribution in [1.82, 2.24) is 20.0 Å². The number of amides is 3. The molecule has 40 heavy (non-hydrogen) atoms. The summed E-state index contributed by atoms with van der Waals surface area (Å²) in [6.07, 6.45) is -4.70. The van der Waals surface area contributed by atoms with E-state index in [1.54, 1.807) is 43.0 Å². The van der Waals surface area contributed by atoms with Crippen LogP contribution in [0.3, 0.4) is 0 Å². The summed E-state index contributed by atoms with van der Waals surface area (Å²) in [6.45, 7) is 5.28. The summed E-state index contributed by atoms with van der Waals surface area (Å²) in [5, 5.41) is 3.12. The number of hydrogen-bond acceptors (Lipinski definition) is 5. The van der Waals surface area contributed by atoms with Gasteiger partial charge in [-0.05, 0) is 49.7 Å². The molecule has 0 aliphatic carbocycles. The maximum absolute atomic E-state index is 13.9. The molecule has 2 aliphatic rings. The molecule has 1 N–H and O–H groups in total. The molecule has 1 fully saturated rings. The van der Waals surface area contributed by atoms with Crippen LogP contribution < -0.4 is 5.32 Å². The predicted octanol–water partition coefficient (Wildman–Crippen LogP) is 4.72. The monoisotopic (exact) mass is 578 g/mol. The Morgan fingerprint density at radius 2 is 1.68 bits per heavy atom. The Morgan fingerprint density at radius 1 is 1.02 bits per heavy atom. The molecular formula is C28H30ClF3N4O4. The minimum atomic E-state index is -4.70. The smallest absolute Gasteiger partial charge is 0.416 e. The normalized spacial score (nSPS) is 18.6. The van der Waals surface area contributed by atoms with Gasteiger partial charge in [0.2, 0.25) is 0 Å². The fraction of sp³-hybridized carbons (Fsp3) is 0.393. The first-order chi connectivity index (χ1) is 19.0. The average Bonchev–Trinajstić information content (AvgIpc) is 2.93. The third-order valence-corrected chi connectivity index (χ3v) is 7.20. The molecular weight excluding hydrogens is 549 g/mol. The van der Waals surface area contributed by atoms with Gasteiger partial charge in [0.15, 0.2) is 0 Å². The van der Waals surface area contributed by atoms with Crippen molar-refractivity contribution >= 4 is 29.5 Å². The van der Waals surface area contributed by atoms with E-state index in [1.165, 1.54) is 23.1 Å². The highest BCUT2D eigenvalue weighted by molar-refractivity contribution is 6.30. The van der Waals surface area contributed by atoms with Gasteiger partial charge in [0.05, 0.1) is 23.8 Å². The van der Waals surface area contributed by atoms with E-state index in [0.29, 0.717) is 36.8 Å². The van der Waals surface area contributed by atoms with E-state index >= 15 is 0 Å². The topological polar surface area (TPSA) is 82.2 Å². The molecule has 3 amide bonds. The first-order valence-corrected chi connectivity index (χ1v) is 13.3. The number of carbonyl (C=O) groups excluding carboxylic acids is 3. The summed E-state index contributed by atoms with van der Waals surface area (Å²) >= 11 is 5.92. The molecule has 214 valence electrons. The van der Waals surface area contributed by atoms with Gasteiger partial charge in [-0.25, -0.2) is 9.59 Å². The molecule has 8 nitrogen and oxygen atoms in total. The van der Waals surface area contributed by atoms with E-state index in [1.807, 2.05) is 4.90 Å². The second kappa shape index (κ2) is 12.3. The number of benzene rings is 2. The quantitative estimate of drug-likeness (QED) is 0.481. The van der Waals surface area contributed by atoms with Gasteiger partial charge in [-0.3, -0.25) is 14.6 Å². The molecule has 0 radical (unpaired) electrons. The van der Waals surface area contributed by atoms with Gasteiger partial charge >= 0.3 is 18.2 Å². The van der Waals surface area contributed by atoms with Gasteiger partial charge in [-0.15, -0.1) is 0 Å². The van der Waals surface area contributed by atoms with Crippen molar-refractivity contribution in [3.8, 4) is 0 Å². The van der Waals surface area contributed by atoms with Crippen molar-refractivity contribution in [2.75, 3.05) is 45.9 Å². The molecule has 4 rings (SSSR count). The maximum atomic E-state index is 13.9. The first-order valence-electron chi connectivity index (χ1n) is 13.0. The second-order valence-electron chi connectivity index (χ2n) is 9.37. The van der Waals surface area contributed by atoms with E-state index in [4.69, 9.17) is 16.3 Å². The van der Waals surface area contributed by atoms with Crippen molar-refractivity contribution in [3.05, 3.63) is 81.5 Å². The molecule has 0 unspecified atom stereocenters. The Labute approximate surface area is 235 Å². The van der Waals surface area contributed by atoms with Gasteiger partial charge in [-0.1, -0.05) is 29.8 Å². The Bertz CT molecular complexity index is 1290. The molecule has 2 aliphatic heterocycles. The molecule has 0 spiro atoms. The highest BCUT2D eigenvalue weighted by Gasteiger charge is 2.43. The Balaban J connectivity index is 1.65. The number of likely N-dealkylation sites (N-methyl/N-ethyl adjacent to an activating group) is 1. The summed E-state index contributed by atoms with van der Waals surface area (Å²) in [5.41, 5.74) is -0.431. The molecule has 2 aromatic rings. The molecule has 0 bridgehead atoms. The van der Waals surface area contributed by atoms with E-state index in [0.717, 1.165) is 6.07 Å². The van der Waals surface area contributed by atoms with Gasteiger partial charge < -0.3 is 15.0 Å². The number of esters is 1. The fourth-order valence-electron chi connectivity index (χ4n) is 4.99. The highest BCUT2D eigenvalue weighted by atomic mass is 35.5. The summed E-state index contributed by atoms with van der Waals surface area (Å²) in [7, 11) is 0. The van der Waals surface area contributed by atoms with E-state index < -0.39 is 29.8 Å². The third kappa shape index (κ3) is 6.26. The number of nitrogens with zero attached hydrogens (tertiary/aromatic N) is 3. The van der Waals surface area contributed by atoms with E-state index in [2.05, 4.69) is 5.32 Å². The van der Waals surface area contributed by atoms with Crippen molar-refractivity contribution in [3.63, 3.8) is 0 Å². The van der Waals surface area contributed by atoms with Crippen molar-refractivity contribution in [1.29, 1.82) is 0 Å². The molecule has 12 heteroatoms. The highest BCUT2D eigenvalue weighted by Crippen LogP contribution is 2.39. The number of ether oxygens (including phenoxy) is 1. The summed E-state index contributed by atoms with van der Waals surface area (Å²) < 4.78 is 47.1. The van der Waals surface area contributed by atoms with Crippen LogP contribution in [0.2, 0.25) is 5.02 Å². The number of piperazine rings is 1. The number of alkyl halides is 3. The third-order valence-electron chi connectivity index (χ3n) is 6.95. The number of carbonyl (C=O) groups is 3. The minimum Gasteiger partial charge on any atom is -0.463 e. The van der Waals surface area contributed by atoms with E-state index in [-0.39, 0.29) is 42.4 Å². The van der Waals surface area contributed by atoms with Crippen LogP contribution in [0.4, 0.5) is 18.0 Å². The van der Waals surface area contributed by atoms with Crippen LogP contribution in [0.15, 0.2) is 59.8 Å². The molecule has 2 heterocycles. The van der Waals surface area contributed by atoms with Gasteiger partial charge in [0, 0.05) is 55.6 Å². The maximum Gasteiger partial charge on any atom is 0.416 e. The van der Waals surface area contributed by atoms with Crippen LogP contribution >= 0.6 is 11.6 Å². The van der Waals surface area contributed by atoms with Crippen LogP contribution in [0, 0.1) is 0 Å². The van der Waals surface area contributed by atoms with Crippen molar-refractivity contribution < 1.29 is 32.3 Å².